The van der Waals surface area contributed by atoms with Crippen LogP contribution in [0.15, 0.2) is 22.8 Å². The number of aromatic nitrogens is 1. The van der Waals surface area contributed by atoms with Gasteiger partial charge in [0.15, 0.2) is 19.9 Å². The summed E-state index contributed by atoms with van der Waals surface area (Å²) in [5, 5.41) is 0.754. The van der Waals surface area contributed by atoms with Crippen molar-refractivity contribution >= 4 is 35.1 Å². The maximum absolute atomic E-state index is 13.8. The van der Waals surface area contributed by atoms with Crippen LogP contribution >= 0.6 is 15.9 Å². The summed E-state index contributed by atoms with van der Waals surface area (Å²) in [6.07, 6.45) is 0. The lowest BCUT2D eigenvalue weighted by Gasteiger charge is -2.45. The molecule has 0 radical (unpaired) electrons. The van der Waals surface area contributed by atoms with Gasteiger partial charge in [0, 0.05) is 17.0 Å². The van der Waals surface area contributed by atoms with Crippen LogP contribution in [0.3, 0.4) is 0 Å². The lowest BCUT2D eigenvalue weighted by molar-refractivity contribution is 0.510. The molecule has 1 aromatic carbocycles. The highest BCUT2D eigenvalue weighted by Crippen LogP contribution is 2.46. The highest BCUT2D eigenvalue weighted by molar-refractivity contribution is 9.10. The minimum Gasteiger partial charge on any atom is -0.362 e. The number of rotatable bonds is 4. The van der Waals surface area contributed by atoms with E-state index in [9.17, 15) is 8.78 Å². The van der Waals surface area contributed by atoms with Crippen molar-refractivity contribution in [3.8, 4) is 0 Å². The van der Waals surface area contributed by atoms with E-state index in [4.69, 9.17) is 0 Å². The lowest BCUT2D eigenvalue weighted by Crippen LogP contribution is -2.52. The van der Waals surface area contributed by atoms with E-state index in [-0.39, 0.29) is 0 Å². The Morgan fingerprint density at radius 1 is 0.864 bits per heavy atom. The fourth-order valence-corrected chi connectivity index (χ4v) is 12.3. The van der Waals surface area contributed by atoms with Gasteiger partial charge in [0.25, 0.3) is 0 Å². The molecule has 122 valence electrons. The third kappa shape index (κ3) is 2.46. The van der Waals surface area contributed by atoms with Gasteiger partial charge in [-0.3, -0.25) is 0 Å². The fraction of sp³-hybridized carbons (Fsp3) is 0.529. The molecule has 0 N–H and O–H groups in total. The zero-order valence-electron chi connectivity index (χ0n) is 14.0. The first-order valence-corrected chi connectivity index (χ1v) is 10.8. The molecule has 2 aromatic rings. The molecule has 0 atom stereocenters. The van der Waals surface area contributed by atoms with Crippen molar-refractivity contribution < 1.29 is 8.78 Å². The molecule has 1 aromatic heterocycles. The molecule has 5 heteroatoms. The van der Waals surface area contributed by atoms with Crippen molar-refractivity contribution in [3.63, 3.8) is 0 Å². The van der Waals surface area contributed by atoms with Crippen molar-refractivity contribution in [3.05, 3.63) is 34.4 Å². The zero-order chi connectivity index (χ0) is 16.8. The van der Waals surface area contributed by atoms with Gasteiger partial charge in [-0.05, 0) is 44.7 Å². The van der Waals surface area contributed by atoms with E-state index in [2.05, 4.69) is 61.7 Å². The predicted molar refractivity (Wildman–Crippen MR) is 96.0 cm³/mol. The van der Waals surface area contributed by atoms with Crippen LogP contribution in [0.2, 0.25) is 16.6 Å². The largest absolute Gasteiger partial charge is 0.362 e. The third-order valence-electron chi connectivity index (χ3n) is 4.96. The molecule has 0 saturated carbocycles. The minimum atomic E-state index is -2.02. The number of hydrogen-bond acceptors (Lipinski definition) is 0. The first kappa shape index (κ1) is 17.7. The van der Waals surface area contributed by atoms with Gasteiger partial charge in [-0.1, -0.05) is 41.5 Å². The standard InChI is InChI=1S/C17H24BrF2NSi/c1-10(2)22(11(3)4,12(5)6)21-16-9-15(20)14(19)7-13(16)8-17(21)18/h7-12H,1-6H3. The van der Waals surface area contributed by atoms with E-state index in [0.29, 0.717) is 16.6 Å². The maximum Gasteiger partial charge on any atom is 0.170 e. The van der Waals surface area contributed by atoms with Gasteiger partial charge >= 0.3 is 0 Å². The predicted octanol–water partition coefficient (Wildman–Crippen LogP) is 6.71. The van der Waals surface area contributed by atoms with Crippen LogP contribution < -0.4 is 0 Å². The molecule has 1 nitrogen and oxygen atoms in total. The molecule has 0 aliphatic carbocycles. The second-order valence-electron chi connectivity index (χ2n) is 6.98. The van der Waals surface area contributed by atoms with Crippen LogP contribution in [-0.4, -0.2) is 12.5 Å². The van der Waals surface area contributed by atoms with Gasteiger partial charge in [0.2, 0.25) is 0 Å². The van der Waals surface area contributed by atoms with Crippen LogP contribution in [-0.2, 0) is 0 Å². The van der Waals surface area contributed by atoms with Crippen LogP contribution in [0, 0.1) is 11.6 Å². The van der Waals surface area contributed by atoms with Gasteiger partial charge < -0.3 is 4.23 Å². The van der Waals surface area contributed by atoms with E-state index in [0.717, 1.165) is 15.5 Å². The van der Waals surface area contributed by atoms with Crippen molar-refractivity contribution in [1.82, 2.24) is 4.23 Å². The summed E-state index contributed by atoms with van der Waals surface area (Å²) in [6.45, 7) is 13.5. The molecule has 0 fully saturated rings. The van der Waals surface area contributed by atoms with Crippen molar-refractivity contribution in [1.29, 1.82) is 0 Å². The fourth-order valence-electron chi connectivity index (χ4n) is 4.34. The molecule has 0 aliphatic rings. The molecule has 0 saturated heterocycles. The third-order valence-corrected chi connectivity index (χ3v) is 12.7. The number of benzene rings is 1. The summed E-state index contributed by atoms with van der Waals surface area (Å²) in [5.74, 6) is -1.57. The average molecular weight is 388 g/mol. The Morgan fingerprint density at radius 3 is 1.77 bits per heavy atom. The van der Waals surface area contributed by atoms with Gasteiger partial charge in [0.05, 0.1) is 4.60 Å². The number of halogens is 3. The van der Waals surface area contributed by atoms with Gasteiger partial charge in [-0.25, -0.2) is 8.78 Å². The Kier molecular flexibility index (Phi) is 4.88. The quantitative estimate of drug-likeness (QED) is 0.513. The van der Waals surface area contributed by atoms with Crippen LogP contribution in [0.4, 0.5) is 8.78 Å². The molecular formula is C17H24BrF2NSi. The number of nitrogens with zero attached hydrogens (tertiary/aromatic N) is 1. The van der Waals surface area contributed by atoms with E-state index < -0.39 is 19.9 Å². The Hall–Kier alpha value is -0.683. The second-order valence-corrected chi connectivity index (χ2v) is 13.5. The van der Waals surface area contributed by atoms with E-state index >= 15 is 0 Å². The molecule has 0 unspecified atom stereocenters. The highest BCUT2D eigenvalue weighted by atomic mass is 79.9. The smallest absolute Gasteiger partial charge is 0.170 e. The first-order chi connectivity index (χ1) is 10.1. The Morgan fingerprint density at radius 2 is 1.32 bits per heavy atom. The monoisotopic (exact) mass is 387 g/mol. The van der Waals surface area contributed by atoms with Gasteiger partial charge in [-0.15, -0.1) is 0 Å². The summed E-state index contributed by atoms with van der Waals surface area (Å²) in [6, 6.07) is 4.56. The SMILES string of the molecule is CC(C)[Si](C(C)C)(C(C)C)n1c(Br)cc2cc(F)c(F)cc21. The first-order valence-electron chi connectivity index (χ1n) is 7.80. The summed E-state index contributed by atoms with van der Waals surface area (Å²) in [5.41, 5.74) is 2.24. The highest BCUT2D eigenvalue weighted by Gasteiger charge is 2.46. The molecule has 2 rings (SSSR count). The van der Waals surface area contributed by atoms with E-state index in [1.807, 2.05) is 6.07 Å². The molecular weight excluding hydrogens is 364 g/mol. The second kappa shape index (κ2) is 6.08. The topological polar surface area (TPSA) is 4.93 Å². The normalized spacial score (nSPS) is 13.1. The molecule has 0 spiro atoms. The summed E-state index contributed by atoms with van der Waals surface area (Å²) in [7, 11) is -2.02. The average Bonchev–Trinajstić information content (AvgIpc) is 2.67. The minimum absolute atomic E-state index is 0.479. The Labute approximate surface area is 140 Å². The summed E-state index contributed by atoms with van der Waals surface area (Å²) in [4.78, 5) is 0. The van der Waals surface area contributed by atoms with Crippen molar-refractivity contribution in [2.24, 2.45) is 0 Å². The molecule has 22 heavy (non-hydrogen) atoms. The van der Waals surface area contributed by atoms with E-state index in [1.54, 1.807) is 0 Å². The van der Waals surface area contributed by atoms with Gasteiger partial charge in [-0.2, -0.15) is 0 Å². The number of fused-ring (bicyclic) bond motifs is 1. The van der Waals surface area contributed by atoms with Crippen LogP contribution in [0.5, 0.6) is 0 Å². The van der Waals surface area contributed by atoms with Crippen molar-refractivity contribution in [2.45, 2.75) is 58.2 Å². The summed E-state index contributed by atoms with van der Waals surface area (Å²) >= 11 is 3.65. The lowest BCUT2D eigenvalue weighted by atomic mass is 10.2. The Balaban J connectivity index is 2.91. The van der Waals surface area contributed by atoms with E-state index in [1.165, 1.54) is 12.1 Å². The van der Waals surface area contributed by atoms with Crippen molar-refractivity contribution in [2.75, 3.05) is 0 Å². The van der Waals surface area contributed by atoms with Gasteiger partial charge in [0.1, 0.15) is 0 Å². The number of hydrogen-bond donors (Lipinski definition) is 0. The van der Waals surface area contributed by atoms with Crippen LogP contribution in [0.25, 0.3) is 10.9 Å². The molecule has 0 amide bonds. The molecule has 1 heterocycles. The molecule has 0 aliphatic heterocycles. The summed E-state index contributed by atoms with van der Waals surface area (Å²) < 4.78 is 30.6. The molecule has 0 bridgehead atoms. The maximum atomic E-state index is 13.8. The van der Waals surface area contributed by atoms with Crippen LogP contribution in [0.1, 0.15) is 41.5 Å². The zero-order valence-corrected chi connectivity index (χ0v) is 16.6. The Bertz CT molecular complexity index is 670.